The molecule has 2 aromatic rings. The van der Waals surface area contributed by atoms with Crippen molar-refractivity contribution in [3.8, 4) is 5.75 Å². The summed E-state index contributed by atoms with van der Waals surface area (Å²) in [6.45, 7) is 6.18. The second-order valence-electron chi connectivity index (χ2n) is 9.12. The molecule has 2 rings (SSSR count). The first kappa shape index (κ1) is 27.9. The third-order valence-corrected chi connectivity index (χ3v) is 6.30. The van der Waals surface area contributed by atoms with Crippen molar-refractivity contribution in [1.29, 1.82) is 0 Å². The minimum atomic E-state index is -4.96. The SMILES string of the molecule is CCCC(C)CC/C=C/CCc1cc(OC)c(C(O)(Cc2ccc(F)cc2)C(F)(F)F)cc1C. The zero-order valence-electron chi connectivity index (χ0n) is 20.5. The molecular weight excluding hydrogens is 444 g/mol. The molecule has 0 bridgehead atoms. The van der Waals surface area contributed by atoms with E-state index in [0.717, 1.165) is 37.0 Å². The lowest BCUT2D eigenvalue weighted by Gasteiger charge is -2.33. The summed E-state index contributed by atoms with van der Waals surface area (Å²) >= 11 is 0. The van der Waals surface area contributed by atoms with E-state index >= 15 is 0 Å². The number of hydrogen-bond acceptors (Lipinski definition) is 2. The van der Waals surface area contributed by atoms with Crippen LogP contribution in [0, 0.1) is 18.7 Å². The van der Waals surface area contributed by atoms with Gasteiger partial charge in [-0.2, -0.15) is 13.2 Å². The fraction of sp³-hybridized carbons (Fsp3) is 0.500. The number of aliphatic hydroxyl groups is 1. The zero-order valence-corrected chi connectivity index (χ0v) is 20.5. The van der Waals surface area contributed by atoms with E-state index in [9.17, 15) is 22.7 Å². The van der Waals surface area contributed by atoms with Gasteiger partial charge in [0.25, 0.3) is 0 Å². The number of hydrogen-bond donors (Lipinski definition) is 1. The molecule has 0 spiro atoms. The smallest absolute Gasteiger partial charge is 0.421 e. The lowest BCUT2D eigenvalue weighted by atomic mass is 9.84. The minimum absolute atomic E-state index is 0.0140. The van der Waals surface area contributed by atoms with Crippen LogP contribution in [0.2, 0.25) is 0 Å². The Morgan fingerprint density at radius 3 is 2.26 bits per heavy atom. The van der Waals surface area contributed by atoms with Gasteiger partial charge in [0.1, 0.15) is 11.6 Å². The van der Waals surface area contributed by atoms with Crippen LogP contribution in [0.5, 0.6) is 5.75 Å². The van der Waals surface area contributed by atoms with Gasteiger partial charge in [-0.1, -0.05) is 51.0 Å². The molecule has 0 aromatic heterocycles. The number of rotatable bonds is 12. The third kappa shape index (κ3) is 7.33. The number of benzene rings is 2. The molecule has 0 saturated carbocycles. The van der Waals surface area contributed by atoms with E-state index < -0.39 is 24.0 Å². The fourth-order valence-electron chi connectivity index (χ4n) is 4.23. The van der Waals surface area contributed by atoms with Crippen molar-refractivity contribution in [1.82, 2.24) is 0 Å². The maximum absolute atomic E-state index is 14.1. The summed E-state index contributed by atoms with van der Waals surface area (Å²) in [5.41, 5.74) is -1.82. The van der Waals surface area contributed by atoms with Crippen LogP contribution in [-0.4, -0.2) is 18.4 Å². The molecule has 0 aliphatic carbocycles. The van der Waals surface area contributed by atoms with Gasteiger partial charge in [-0.15, -0.1) is 0 Å². The van der Waals surface area contributed by atoms with Gasteiger partial charge >= 0.3 is 6.18 Å². The Kier molecular flexibility index (Phi) is 10.2. The predicted octanol–water partition coefficient (Wildman–Crippen LogP) is 7.84. The Bertz CT molecular complexity index is 935. The highest BCUT2D eigenvalue weighted by Gasteiger charge is 2.56. The largest absolute Gasteiger partial charge is 0.496 e. The van der Waals surface area contributed by atoms with Gasteiger partial charge in [-0.3, -0.25) is 0 Å². The molecule has 188 valence electrons. The summed E-state index contributed by atoms with van der Waals surface area (Å²) in [7, 11) is 1.30. The van der Waals surface area contributed by atoms with Crippen LogP contribution in [0.3, 0.4) is 0 Å². The molecule has 0 heterocycles. The number of halogens is 4. The van der Waals surface area contributed by atoms with E-state index in [1.807, 2.05) is 0 Å². The summed E-state index contributed by atoms with van der Waals surface area (Å²) in [5, 5.41) is 10.9. The molecule has 0 fully saturated rings. The Hall–Kier alpha value is -2.34. The highest BCUT2D eigenvalue weighted by atomic mass is 19.4. The molecular formula is C28H36F4O2. The van der Waals surface area contributed by atoms with Crippen molar-refractivity contribution in [3.05, 3.63) is 76.6 Å². The first-order chi connectivity index (χ1) is 16.0. The number of aryl methyl sites for hydroxylation is 2. The molecule has 0 aliphatic rings. The molecule has 0 radical (unpaired) electrons. The van der Waals surface area contributed by atoms with Crippen molar-refractivity contribution < 1.29 is 27.4 Å². The van der Waals surface area contributed by atoms with Crippen LogP contribution in [0.15, 0.2) is 48.6 Å². The number of alkyl halides is 3. The standard InChI is InChI=1S/C28H36F4O2/c1-5-10-20(2)11-8-6-7-9-12-23-18-26(34-4)25(17-21(23)3)27(33,28(30,31)32)19-22-13-15-24(29)16-14-22/h6-7,13-18,20,33H,5,8-12,19H2,1-4H3/b7-6+. The summed E-state index contributed by atoms with van der Waals surface area (Å²) in [5.74, 6) is 0.137. The second-order valence-corrected chi connectivity index (χ2v) is 9.12. The van der Waals surface area contributed by atoms with Gasteiger partial charge in [-0.25, -0.2) is 4.39 Å². The van der Waals surface area contributed by atoms with Crippen LogP contribution < -0.4 is 4.74 Å². The molecule has 2 unspecified atom stereocenters. The van der Waals surface area contributed by atoms with E-state index in [1.165, 1.54) is 38.2 Å². The topological polar surface area (TPSA) is 29.5 Å². The maximum Gasteiger partial charge on any atom is 0.421 e. The van der Waals surface area contributed by atoms with Gasteiger partial charge < -0.3 is 9.84 Å². The third-order valence-electron chi connectivity index (χ3n) is 6.30. The summed E-state index contributed by atoms with van der Waals surface area (Å²) < 4.78 is 60.9. The van der Waals surface area contributed by atoms with E-state index in [0.29, 0.717) is 17.9 Å². The lowest BCUT2D eigenvalue weighted by Crippen LogP contribution is -2.44. The number of ether oxygens (including phenoxy) is 1. The molecule has 34 heavy (non-hydrogen) atoms. The first-order valence-electron chi connectivity index (χ1n) is 11.9. The molecule has 2 nitrogen and oxygen atoms in total. The van der Waals surface area contributed by atoms with E-state index in [2.05, 4.69) is 26.0 Å². The Morgan fingerprint density at radius 1 is 1.03 bits per heavy atom. The lowest BCUT2D eigenvalue weighted by molar-refractivity contribution is -0.266. The fourth-order valence-corrected chi connectivity index (χ4v) is 4.23. The van der Waals surface area contributed by atoms with Crippen LogP contribution in [0.1, 0.15) is 68.2 Å². The quantitative estimate of drug-likeness (QED) is 0.248. The number of methoxy groups -OCH3 is 1. The molecule has 2 atom stereocenters. The zero-order chi connectivity index (χ0) is 25.4. The average molecular weight is 481 g/mol. The normalized spacial score (nSPS) is 14.9. The van der Waals surface area contributed by atoms with Gasteiger partial charge in [-0.05, 0) is 79.5 Å². The molecule has 6 heteroatoms. The van der Waals surface area contributed by atoms with Crippen molar-refractivity contribution in [2.45, 2.75) is 77.5 Å². The van der Waals surface area contributed by atoms with E-state index in [4.69, 9.17) is 4.74 Å². The van der Waals surface area contributed by atoms with Crippen LogP contribution >= 0.6 is 0 Å². The Labute approximate surface area is 200 Å². The Balaban J connectivity index is 2.22. The van der Waals surface area contributed by atoms with Crippen molar-refractivity contribution >= 4 is 0 Å². The first-order valence-corrected chi connectivity index (χ1v) is 11.9. The summed E-state index contributed by atoms with van der Waals surface area (Å²) in [4.78, 5) is 0. The molecule has 2 aromatic carbocycles. The van der Waals surface area contributed by atoms with Crippen LogP contribution in [0.4, 0.5) is 17.6 Å². The molecule has 0 amide bonds. The molecule has 0 aliphatic heterocycles. The molecule has 0 saturated heterocycles. The monoisotopic (exact) mass is 480 g/mol. The summed E-state index contributed by atoms with van der Waals surface area (Å²) in [6, 6.07) is 7.60. The summed E-state index contributed by atoms with van der Waals surface area (Å²) in [6.07, 6.45) is 4.58. The Morgan fingerprint density at radius 2 is 1.68 bits per heavy atom. The number of allylic oxidation sites excluding steroid dienone is 2. The second kappa shape index (κ2) is 12.4. The van der Waals surface area contributed by atoms with Crippen LogP contribution in [0.25, 0.3) is 0 Å². The predicted molar refractivity (Wildman–Crippen MR) is 129 cm³/mol. The minimum Gasteiger partial charge on any atom is -0.496 e. The average Bonchev–Trinajstić information content (AvgIpc) is 2.77. The van der Waals surface area contributed by atoms with Crippen molar-refractivity contribution in [2.75, 3.05) is 7.11 Å². The van der Waals surface area contributed by atoms with Gasteiger partial charge in [0, 0.05) is 12.0 Å². The highest BCUT2D eigenvalue weighted by molar-refractivity contribution is 5.47. The van der Waals surface area contributed by atoms with Crippen molar-refractivity contribution in [3.63, 3.8) is 0 Å². The van der Waals surface area contributed by atoms with E-state index in [1.54, 1.807) is 13.0 Å². The van der Waals surface area contributed by atoms with Crippen LogP contribution in [-0.2, 0) is 18.4 Å². The van der Waals surface area contributed by atoms with Gasteiger partial charge in [0.2, 0.25) is 0 Å². The highest BCUT2D eigenvalue weighted by Crippen LogP contribution is 2.46. The molecule has 1 N–H and O–H groups in total. The van der Waals surface area contributed by atoms with E-state index in [-0.39, 0.29) is 16.9 Å². The van der Waals surface area contributed by atoms with Gasteiger partial charge in [0.05, 0.1) is 7.11 Å². The van der Waals surface area contributed by atoms with Crippen molar-refractivity contribution in [2.24, 2.45) is 5.92 Å². The van der Waals surface area contributed by atoms with Gasteiger partial charge in [0.15, 0.2) is 5.60 Å². The maximum atomic E-state index is 14.1.